The minimum absolute atomic E-state index is 0.166. The zero-order valence-electron chi connectivity index (χ0n) is 12.0. The molecule has 0 radical (unpaired) electrons. The molecular formula is C12H16N4O6. The molecule has 22 heavy (non-hydrogen) atoms. The monoisotopic (exact) mass is 312 g/mol. The van der Waals surface area contributed by atoms with Gasteiger partial charge < -0.3 is 16.2 Å². The lowest BCUT2D eigenvalue weighted by atomic mass is 9.99. The van der Waals surface area contributed by atoms with Gasteiger partial charge in [-0.1, -0.05) is 20.3 Å². The number of nitrogens with one attached hydrogen (secondary N) is 1. The smallest absolute Gasteiger partial charge is 0.326 e. The van der Waals surface area contributed by atoms with Gasteiger partial charge in [-0.25, -0.2) is 4.79 Å². The van der Waals surface area contributed by atoms with E-state index in [0.29, 0.717) is 12.5 Å². The standard InChI is InChI=1S/C12H16N4O6/c1-3-6(2)11(12(17)18)14-8-4-7(13)9(15(19)20)5-10(8)16(21)22/h4-6,11,14H,3,13H2,1-2H3,(H,17,18)/t6-,11-/m0/s1. The minimum Gasteiger partial charge on any atom is -0.480 e. The van der Waals surface area contributed by atoms with Crippen molar-refractivity contribution >= 4 is 28.7 Å². The Morgan fingerprint density at radius 2 is 1.86 bits per heavy atom. The van der Waals surface area contributed by atoms with E-state index in [-0.39, 0.29) is 17.3 Å². The normalized spacial score (nSPS) is 13.2. The van der Waals surface area contributed by atoms with Crippen LogP contribution < -0.4 is 11.1 Å². The van der Waals surface area contributed by atoms with Crippen molar-refractivity contribution in [2.75, 3.05) is 11.1 Å². The van der Waals surface area contributed by atoms with Crippen LogP contribution in [0.2, 0.25) is 0 Å². The van der Waals surface area contributed by atoms with Gasteiger partial charge in [-0.3, -0.25) is 20.2 Å². The molecule has 0 aliphatic carbocycles. The van der Waals surface area contributed by atoms with Crippen molar-refractivity contribution in [3.05, 3.63) is 32.4 Å². The lowest BCUT2D eigenvalue weighted by molar-refractivity contribution is -0.393. The number of nitrogens with two attached hydrogens (primary N) is 1. The van der Waals surface area contributed by atoms with E-state index in [4.69, 9.17) is 5.73 Å². The molecule has 120 valence electrons. The Hall–Kier alpha value is -2.91. The molecule has 0 saturated heterocycles. The Morgan fingerprint density at radius 3 is 2.27 bits per heavy atom. The van der Waals surface area contributed by atoms with Crippen LogP contribution in [-0.4, -0.2) is 27.0 Å². The van der Waals surface area contributed by atoms with E-state index in [1.54, 1.807) is 13.8 Å². The highest BCUT2D eigenvalue weighted by molar-refractivity contribution is 5.82. The summed E-state index contributed by atoms with van der Waals surface area (Å²) in [5.41, 5.74) is 3.84. The Bertz CT molecular complexity index is 618. The molecule has 0 bridgehead atoms. The highest BCUT2D eigenvalue weighted by atomic mass is 16.6. The first-order valence-electron chi connectivity index (χ1n) is 6.40. The number of hydrogen-bond donors (Lipinski definition) is 3. The van der Waals surface area contributed by atoms with Gasteiger partial charge in [0.2, 0.25) is 0 Å². The molecule has 1 aromatic rings. The van der Waals surface area contributed by atoms with E-state index in [1.807, 2.05) is 0 Å². The number of hydrogen-bond acceptors (Lipinski definition) is 7. The van der Waals surface area contributed by atoms with Gasteiger partial charge in [0, 0.05) is 0 Å². The molecule has 0 unspecified atom stereocenters. The van der Waals surface area contributed by atoms with Gasteiger partial charge >= 0.3 is 5.97 Å². The third kappa shape index (κ3) is 3.59. The lowest BCUT2D eigenvalue weighted by Crippen LogP contribution is -2.35. The van der Waals surface area contributed by atoms with Crippen LogP contribution in [0.3, 0.4) is 0 Å². The lowest BCUT2D eigenvalue weighted by Gasteiger charge is -2.21. The number of nitrogens with zero attached hydrogens (tertiary/aromatic N) is 2. The van der Waals surface area contributed by atoms with Crippen LogP contribution in [0.25, 0.3) is 0 Å². The fourth-order valence-corrected chi connectivity index (χ4v) is 1.87. The minimum atomic E-state index is -1.18. The van der Waals surface area contributed by atoms with Gasteiger partial charge in [0.15, 0.2) is 0 Å². The number of nitro benzene ring substituents is 2. The summed E-state index contributed by atoms with van der Waals surface area (Å²) in [5, 5.41) is 33.6. The van der Waals surface area contributed by atoms with Crippen molar-refractivity contribution in [3.63, 3.8) is 0 Å². The van der Waals surface area contributed by atoms with Crippen LogP contribution in [-0.2, 0) is 4.79 Å². The van der Waals surface area contributed by atoms with Gasteiger partial charge in [-0.05, 0) is 12.0 Å². The fourth-order valence-electron chi connectivity index (χ4n) is 1.87. The second-order valence-corrected chi connectivity index (χ2v) is 4.79. The van der Waals surface area contributed by atoms with Crippen LogP contribution in [0.15, 0.2) is 12.1 Å². The second kappa shape index (κ2) is 6.70. The molecule has 4 N–H and O–H groups in total. The molecule has 10 nitrogen and oxygen atoms in total. The Kier molecular flexibility index (Phi) is 5.22. The van der Waals surface area contributed by atoms with Crippen molar-refractivity contribution in [1.82, 2.24) is 0 Å². The third-order valence-corrected chi connectivity index (χ3v) is 3.33. The molecule has 1 rings (SSSR count). The Balaban J connectivity index is 3.34. The first-order chi connectivity index (χ1) is 10.2. The van der Waals surface area contributed by atoms with Gasteiger partial charge in [0.1, 0.15) is 17.4 Å². The fraction of sp³-hybridized carbons (Fsp3) is 0.417. The first kappa shape index (κ1) is 17.1. The molecular weight excluding hydrogens is 296 g/mol. The van der Waals surface area contributed by atoms with Crippen molar-refractivity contribution in [3.8, 4) is 0 Å². The maximum Gasteiger partial charge on any atom is 0.326 e. The summed E-state index contributed by atoms with van der Waals surface area (Å²) in [6.07, 6.45) is 0.528. The first-order valence-corrected chi connectivity index (χ1v) is 6.40. The van der Waals surface area contributed by atoms with E-state index in [9.17, 15) is 30.1 Å². The number of carbonyl (C=O) groups is 1. The molecule has 1 aromatic carbocycles. The summed E-state index contributed by atoms with van der Waals surface area (Å²) in [5.74, 6) is -1.49. The molecule has 2 atom stereocenters. The van der Waals surface area contributed by atoms with E-state index in [2.05, 4.69) is 5.32 Å². The average Bonchev–Trinajstić information content (AvgIpc) is 2.42. The summed E-state index contributed by atoms with van der Waals surface area (Å²) in [6, 6.07) is 0.645. The predicted octanol–water partition coefficient (Wildman–Crippen LogP) is 2.00. The SMILES string of the molecule is CC[C@H](C)[C@H](Nc1cc(N)c([N+](=O)[O-])cc1[N+](=O)[O-])C(=O)O. The van der Waals surface area contributed by atoms with Crippen molar-refractivity contribution in [2.24, 2.45) is 5.92 Å². The number of carboxylic acids is 1. The number of nitro groups is 2. The number of benzene rings is 1. The van der Waals surface area contributed by atoms with Gasteiger partial charge in [0.05, 0.1) is 15.9 Å². The zero-order valence-corrected chi connectivity index (χ0v) is 12.0. The number of nitrogen functional groups attached to an aromatic ring is 1. The van der Waals surface area contributed by atoms with Crippen LogP contribution in [0.5, 0.6) is 0 Å². The van der Waals surface area contributed by atoms with Crippen LogP contribution in [0.4, 0.5) is 22.7 Å². The molecule has 0 saturated carbocycles. The van der Waals surface area contributed by atoms with E-state index >= 15 is 0 Å². The number of anilines is 2. The number of aliphatic carboxylic acids is 1. The van der Waals surface area contributed by atoms with Gasteiger partial charge in [-0.15, -0.1) is 0 Å². The Morgan fingerprint density at radius 1 is 1.32 bits per heavy atom. The molecule has 0 aliphatic heterocycles. The summed E-state index contributed by atoms with van der Waals surface area (Å²) in [4.78, 5) is 31.4. The van der Waals surface area contributed by atoms with E-state index in [0.717, 1.165) is 6.07 Å². The molecule has 10 heteroatoms. The van der Waals surface area contributed by atoms with Crippen LogP contribution in [0, 0.1) is 26.1 Å². The summed E-state index contributed by atoms with van der Waals surface area (Å²) in [6.45, 7) is 3.45. The third-order valence-electron chi connectivity index (χ3n) is 3.33. The number of carboxylic acid groups (broad SMARTS) is 1. The van der Waals surface area contributed by atoms with Crippen molar-refractivity contribution < 1.29 is 19.7 Å². The van der Waals surface area contributed by atoms with Gasteiger partial charge in [-0.2, -0.15) is 0 Å². The number of rotatable bonds is 7. The molecule has 0 heterocycles. The average molecular weight is 312 g/mol. The molecule has 0 aromatic heterocycles. The summed E-state index contributed by atoms with van der Waals surface area (Å²) < 4.78 is 0. The quantitative estimate of drug-likeness (QED) is 0.391. The zero-order chi connectivity index (χ0) is 17.0. The molecule has 0 amide bonds. The van der Waals surface area contributed by atoms with Crippen molar-refractivity contribution in [2.45, 2.75) is 26.3 Å². The Labute approximate surface area is 125 Å². The largest absolute Gasteiger partial charge is 0.480 e. The topological polar surface area (TPSA) is 162 Å². The predicted molar refractivity (Wildman–Crippen MR) is 78.7 cm³/mol. The maximum absolute atomic E-state index is 11.3. The van der Waals surface area contributed by atoms with E-state index < -0.39 is 33.2 Å². The van der Waals surface area contributed by atoms with Crippen LogP contribution >= 0.6 is 0 Å². The van der Waals surface area contributed by atoms with Crippen molar-refractivity contribution in [1.29, 1.82) is 0 Å². The molecule has 0 spiro atoms. The summed E-state index contributed by atoms with van der Waals surface area (Å²) >= 11 is 0. The molecule has 0 aliphatic rings. The van der Waals surface area contributed by atoms with Gasteiger partial charge in [0.25, 0.3) is 11.4 Å². The van der Waals surface area contributed by atoms with Crippen LogP contribution in [0.1, 0.15) is 20.3 Å². The highest BCUT2D eigenvalue weighted by Crippen LogP contribution is 2.35. The highest BCUT2D eigenvalue weighted by Gasteiger charge is 2.29. The van der Waals surface area contributed by atoms with E-state index in [1.165, 1.54) is 0 Å². The second-order valence-electron chi connectivity index (χ2n) is 4.79. The maximum atomic E-state index is 11.3. The molecule has 0 fully saturated rings. The summed E-state index contributed by atoms with van der Waals surface area (Å²) in [7, 11) is 0.